The third kappa shape index (κ3) is 9.65. The number of esters is 1. The van der Waals surface area contributed by atoms with Crippen LogP contribution < -0.4 is 0 Å². The predicted octanol–water partition coefficient (Wildman–Crippen LogP) is 5.29. The van der Waals surface area contributed by atoms with Gasteiger partial charge in [-0.2, -0.15) is 0 Å². The zero-order valence-corrected chi connectivity index (χ0v) is 17.1. The number of hydrogen-bond acceptors (Lipinski definition) is 4. The highest BCUT2D eigenvalue weighted by Crippen LogP contribution is 2.20. The first-order valence-electron chi connectivity index (χ1n) is 10.4. The Kier molecular flexibility index (Phi) is 13.4. The van der Waals surface area contributed by atoms with Crippen molar-refractivity contribution in [1.29, 1.82) is 0 Å². The van der Waals surface area contributed by atoms with Gasteiger partial charge in [0.2, 0.25) is 0 Å². The Bertz CT molecular complexity index is 392. The second-order valence-electron chi connectivity index (χ2n) is 7.00. The molecule has 0 aliphatic carbocycles. The molecule has 6 heteroatoms. The standard InChI is InChI=1S/C20H36ClNO4/c1-2-3-4-5-6-7-8-9-10-11-16-25-19(23)18-13-12-15-22(18)20(24)26-17-14-21/h18H,2-17H2,1H3. The van der Waals surface area contributed by atoms with Crippen LogP contribution >= 0.6 is 11.6 Å². The lowest BCUT2D eigenvalue weighted by molar-refractivity contribution is -0.148. The first kappa shape index (κ1) is 23.1. The maximum Gasteiger partial charge on any atom is 0.410 e. The molecule has 26 heavy (non-hydrogen) atoms. The fourth-order valence-corrected chi connectivity index (χ4v) is 3.37. The summed E-state index contributed by atoms with van der Waals surface area (Å²) in [6, 6.07) is -0.499. The number of ether oxygens (including phenoxy) is 2. The molecule has 1 saturated heterocycles. The van der Waals surface area contributed by atoms with Crippen molar-refractivity contribution in [3.8, 4) is 0 Å². The largest absolute Gasteiger partial charge is 0.464 e. The van der Waals surface area contributed by atoms with Crippen LogP contribution in [0.25, 0.3) is 0 Å². The highest BCUT2D eigenvalue weighted by Gasteiger charge is 2.36. The van der Waals surface area contributed by atoms with Crippen LogP contribution in [-0.4, -0.2) is 48.6 Å². The number of nitrogens with zero attached hydrogens (tertiary/aromatic N) is 1. The van der Waals surface area contributed by atoms with Crippen molar-refractivity contribution in [2.75, 3.05) is 25.6 Å². The van der Waals surface area contributed by atoms with Gasteiger partial charge >= 0.3 is 12.1 Å². The van der Waals surface area contributed by atoms with E-state index in [-0.39, 0.29) is 18.5 Å². The van der Waals surface area contributed by atoms with E-state index < -0.39 is 12.1 Å². The number of likely N-dealkylation sites (tertiary alicyclic amines) is 1. The summed E-state index contributed by atoms with van der Waals surface area (Å²) in [7, 11) is 0. The Balaban J connectivity index is 2.04. The molecule has 1 rings (SSSR count). The summed E-state index contributed by atoms with van der Waals surface area (Å²) in [6.45, 7) is 3.39. The van der Waals surface area contributed by atoms with Gasteiger partial charge in [0.05, 0.1) is 12.5 Å². The van der Waals surface area contributed by atoms with Gasteiger partial charge in [0, 0.05) is 6.54 Å². The summed E-state index contributed by atoms with van der Waals surface area (Å²) < 4.78 is 10.4. The van der Waals surface area contributed by atoms with Crippen LogP contribution in [0, 0.1) is 0 Å². The minimum atomic E-state index is -0.499. The van der Waals surface area contributed by atoms with Crippen molar-refractivity contribution in [3.63, 3.8) is 0 Å². The molecule has 1 unspecified atom stereocenters. The van der Waals surface area contributed by atoms with E-state index in [0.29, 0.717) is 19.6 Å². The van der Waals surface area contributed by atoms with E-state index in [4.69, 9.17) is 21.1 Å². The van der Waals surface area contributed by atoms with Gasteiger partial charge in [0.25, 0.3) is 0 Å². The average molecular weight is 390 g/mol. The second-order valence-corrected chi connectivity index (χ2v) is 7.38. The highest BCUT2D eigenvalue weighted by molar-refractivity contribution is 6.18. The number of amides is 1. The molecule has 0 aromatic heterocycles. The molecule has 1 atom stereocenters. The molecule has 0 bridgehead atoms. The molecular formula is C20H36ClNO4. The van der Waals surface area contributed by atoms with Crippen molar-refractivity contribution >= 4 is 23.7 Å². The molecule has 0 aromatic carbocycles. The average Bonchev–Trinajstić information content (AvgIpc) is 3.14. The second kappa shape index (κ2) is 15.1. The molecule has 1 heterocycles. The smallest absolute Gasteiger partial charge is 0.410 e. The monoisotopic (exact) mass is 389 g/mol. The number of rotatable bonds is 14. The van der Waals surface area contributed by atoms with Gasteiger partial charge < -0.3 is 9.47 Å². The zero-order chi connectivity index (χ0) is 19.0. The van der Waals surface area contributed by atoms with Gasteiger partial charge in [0.1, 0.15) is 12.6 Å². The molecule has 0 aromatic rings. The van der Waals surface area contributed by atoms with Crippen molar-refractivity contribution in [2.24, 2.45) is 0 Å². The number of alkyl halides is 1. The van der Waals surface area contributed by atoms with E-state index >= 15 is 0 Å². The Morgan fingerprint density at radius 2 is 1.54 bits per heavy atom. The molecule has 0 N–H and O–H groups in total. The lowest BCUT2D eigenvalue weighted by Gasteiger charge is -2.22. The van der Waals surface area contributed by atoms with Gasteiger partial charge in [0.15, 0.2) is 0 Å². The van der Waals surface area contributed by atoms with E-state index in [1.165, 1.54) is 56.3 Å². The summed E-state index contributed by atoms with van der Waals surface area (Å²) in [6.07, 6.45) is 13.5. The molecule has 1 aliphatic heterocycles. The van der Waals surface area contributed by atoms with Crippen LogP contribution in [0.15, 0.2) is 0 Å². The fraction of sp³-hybridized carbons (Fsp3) is 0.900. The molecule has 0 radical (unpaired) electrons. The maximum absolute atomic E-state index is 12.2. The van der Waals surface area contributed by atoms with Crippen LogP contribution in [-0.2, 0) is 14.3 Å². The van der Waals surface area contributed by atoms with Crippen LogP contribution in [0.5, 0.6) is 0 Å². The molecule has 1 amide bonds. The molecule has 0 saturated carbocycles. The minimum Gasteiger partial charge on any atom is -0.464 e. The lowest BCUT2D eigenvalue weighted by Crippen LogP contribution is -2.42. The summed E-state index contributed by atoms with van der Waals surface area (Å²) in [5.74, 6) is -0.0470. The summed E-state index contributed by atoms with van der Waals surface area (Å²) in [5, 5.41) is 0. The van der Waals surface area contributed by atoms with Gasteiger partial charge in [-0.3, -0.25) is 4.90 Å². The van der Waals surface area contributed by atoms with Crippen LogP contribution in [0.3, 0.4) is 0 Å². The SMILES string of the molecule is CCCCCCCCCCCCOC(=O)C1CCCN1C(=O)OCCCl. The van der Waals surface area contributed by atoms with Crippen molar-refractivity contribution in [2.45, 2.75) is 90.0 Å². The molecule has 1 fully saturated rings. The normalized spacial score (nSPS) is 16.7. The quantitative estimate of drug-likeness (QED) is 0.230. The Morgan fingerprint density at radius 1 is 0.923 bits per heavy atom. The van der Waals surface area contributed by atoms with Gasteiger partial charge in [-0.25, -0.2) is 9.59 Å². The number of unbranched alkanes of at least 4 members (excludes halogenated alkanes) is 9. The summed E-state index contributed by atoms with van der Waals surface area (Å²) >= 11 is 5.52. The summed E-state index contributed by atoms with van der Waals surface area (Å²) in [4.78, 5) is 25.6. The summed E-state index contributed by atoms with van der Waals surface area (Å²) in [5.41, 5.74) is 0. The van der Waals surface area contributed by atoms with E-state index in [9.17, 15) is 9.59 Å². The van der Waals surface area contributed by atoms with Crippen molar-refractivity contribution in [1.82, 2.24) is 4.90 Å². The van der Waals surface area contributed by atoms with Crippen LogP contribution in [0.1, 0.15) is 84.0 Å². The minimum absolute atomic E-state index is 0.164. The zero-order valence-electron chi connectivity index (χ0n) is 16.3. The number of carbonyl (C=O) groups excluding carboxylic acids is 2. The molecular weight excluding hydrogens is 354 g/mol. The van der Waals surface area contributed by atoms with Gasteiger partial charge in [-0.1, -0.05) is 64.7 Å². The maximum atomic E-state index is 12.2. The third-order valence-electron chi connectivity index (χ3n) is 4.80. The highest BCUT2D eigenvalue weighted by atomic mass is 35.5. The lowest BCUT2D eigenvalue weighted by atomic mass is 10.1. The Hall–Kier alpha value is -0.970. The first-order chi connectivity index (χ1) is 12.7. The van der Waals surface area contributed by atoms with Crippen LogP contribution in [0.4, 0.5) is 4.79 Å². The van der Waals surface area contributed by atoms with E-state index in [1.807, 2.05) is 0 Å². The molecule has 1 aliphatic rings. The van der Waals surface area contributed by atoms with E-state index in [2.05, 4.69) is 6.92 Å². The Labute approximate surface area is 163 Å². The van der Waals surface area contributed by atoms with Crippen molar-refractivity contribution in [3.05, 3.63) is 0 Å². The van der Waals surface area contributed by atoms with Gasteiger partial charge in [-0.15, -0.1) is 11.6 Å². The van der Waals surface area contributed by atoms with E-state index in [0.717, 1.165) is 19.3 Å². The van der Waals surface area contributed by atoms with Crippen molar-refractivity contribution < 1.29 is 19.1 Å². The first-order valence-corrected chi connectivity index (χ1v) is 10.9. The fourth-order valence-electron chi connectivity index (χ4n) is 3.30. The third-order valence-corrected chi connectivity index (χ3v) is 4.96. The molecule has 5 nitrogen and oxygen atoms in total. The number of halogens is 1. The van der Waals surface area contributed by atoms with Gasteiger partial charge in [-0.05, 0) is 19.3 Å². The predicted molar refractivity (Wildman–Crippen MR) is 105 cm³/mol. The molecule has 152 valence electrons. The van der Waals surface area contributed by atoms with Crippen LogP contribution in [0.2, 0.25) is 0 Å². The Morgan fingerprint density at radius 3 is 2.15 bits per heavy atom. The topological polar surface area (TPSA) is 55.8 Å². The number of carbonyl (C=O) groups is 2. The number of hydrogen-bond donors (Lipinski definition) is 0. The molecule has 0 spiro atoms. The van der Waals surface area contributed by atoms with E-state index in [1.54, 1.807) is 0 Å².